The number of hydrogen-bond donors (Lipinski definition) is 0. The first-order valence-corrected chi connectivity index (χ1v) is 51.0. The van der Waals surface area contributed by atoms with Crippen LogP contribution in [0.1, 0.15) is 0 Å². The third-order valence-electron chi connectivity index (χ3n) is 30.1. The zero-order chi connectivity index (χ0) is 98.4. The van der Waals surface area contributed by atoms with Gasteiger partial charge in [0.2, 0.25) is 0 Å². The number of rotatable bonds is 13. The third-order valence-corrected chi connectivity index (χ3v) is 30.1. The Hall–Kier alpha value is -19.8. The van der Waals surface area contributed by atoms with E-state index in [-0.39, 0.29) is 0 Å². The minimum absolute atomic E-state index is 0.935. The Morgan fingerprint density at radius 2 is 0.376 bits per heavy atom. The summed E-state index contributed by atoms with van der Waals surface area (Å²) >= 11 is 0. The highest BCUT2D eigenvalue weighted by atomic mass is 15.0. The van der Waals surface area contributed by atoms with Crippen LogP contribution in [0.4, 0.5) is 0 Å². The van der Waals surface area contributed by atoms with Gasteiger partial charge in [0.25, 0.3) is 0 Å². The van der Waals surface area contributed by atoms with Crippen molar-refractivity contribution in [1.29, 1.82) is 0 Å². The zero-order valence-electron chi connectivity index (χ0n) is 81.3. The molecule has 0 radical (unpaired) electrons. The van der Waals surface area contributed by atoms with Crippen LogP contribution in [0.3, 0.4) is 0 Å². The van der Waals surface area contributed by atoms with Gasteiger partial charge in [0.1, 0.15) is 16.9 Å². The van der Waals surface area contributed by atoms with Crippen LogP contribution in [0.15, 0.2) is 559 Å². The molecule has 6 heterocycles. The lowest BCUT2D eigenvalue weighted by Crippen LogP contribution is -1.91. The summed E-state index contributed by atoms with van der Waals surface area (Å²) in [7, 11) is 0. The van der Waals surface area contributed by atoms with E-state index in [9.17, 15) is 0 Å². The molecule has 0 spiro atoms. The van der Waals surface area contributed by atoms with Crippen molar-refractivity contribution < 1.29 is 0 Å². The molecule has 0 saturated heterocycles. The maximum atomic E-state index is 5.23. The van der Waals surface area contributed by atoms with E-state index in [2.05, 4.69) is 572 Å². The molecule has 6 nitrogen and oxygen atoms in total. The molecule has 30 aromatic rings. The first kappa shape index (κ1) is 87.0. The fourth-order valence-electron chi connectivity index (χ4n) is 23.0. The summed E-state index contributed by atoms with van der Waals surface area (Å²) < 4.78 is 6.47. The fraction of sp³-hybridized carbons (Fsp3) is 0. The van der Waals surface area contributed by atoms with Gasteiger partial charge in [-0.1, -0.05) is 467 Å². The predicted octanol–water partition coefficient (Wildman–Crippen LogP) is 38.4. The number of hydrogen-bond acceptors (Lipinski definition) is 3. The minimum atomic E-state index is 0.935. The number of pyridine rings is 3. The van der Waals surface area contributed by atoms with E-state index in [0.717, 1.165) is 67.4 Å². The smallest absolute Gasteiger partial charge is 0.145 e. The summed E-state index contributed by atoms with van der Waals surface area (Å²) in [6, 6.07) is 188. The van der Waals surface area contributed by atoms with Crippen LogP contribution in [-0.4, -0.2) is 28.2 Å². The number of benzene rings is 24. The van der Waals surface area contributed by atoms with Crippen molar-refractivity contribution in [2.75, 3.05) is 0 Å². The molecule has 0 aliphatic carbocycles. The van der Waals surface area contributed by atoms with E-state index < -0.39 is 0 Å². The lowest BCUT2D eigenvalue weighted by atomic mass is 9.85. The van der Waals surface area contributed by atoms with E-state index in [1.807, 2.05) is 0 Å². The van der Waals surface area contributed by atoms with E-state index >= 15 is 0 Å². The Labute approximate surface area is 861 Å². The van der Waals surface area contributed by atoms with Gasteiger partial charge in [-0.3, -0.25) is 0 Å². The van der Waals surface area contributed by atoms with Gasteiger partial charge in [-0.05, 0) is 279 Å². The standard InChI is InChI=1S/C49H32N2.2C47H30N2/c1-3-13-33(14-4-1)40-30-45(35-16-5-2-6-17-35)49-50-46(32-51(49)31-40)36-24-26-37(27-25-36)47-41-19-9-11-21-43(41)48(44-22-12-10-20-42(44)47)39-28-23-34-15-7-8-18-38(34)29-39;1-3-11-35-27-37(23-17-31(35)9-1)39-25-26-45-48-44(30-49(45)29-39)33-19-21-34(22-20-33)46-40-13-5-7-15-42(40)47(43-16-8-6-14-41(43)46)38-24-18-32-10-2-4-12-36(32)28-38;1-2-12-35-28-36(25-20-31(35)10-1)47-42-17-7-5-15-40(42)46(41-16-6-8-18-43(41)47)34-23-21-33(22-24-34)44-30-49-29-37(26-27-45(49)48-44)39-19-9-13-32-11-3-4-14-38(32)39/h1-32H;2*1-30H. The molecule has 6 aromatic heterocycles. The summed E-state index contributed by atoms with van der Waals surface area (Å²) in [5.74, 6) is 0. The molecule has 0 saturated carbocycles. The highest BCUT2D eigenvalue weighted by Crippen LogP contribution is 2.50. The van der Waals surface area contributed by atoms with Crippen LogP contribution >= 0.6 is 0 Å². The van der Waals surface area contributed by atoms with Gasteiger partial charge in [-0.15, -0.1) is 0 Å². The Morgan fingerprint density at radius 3 is 0.752 bits per heavy atom. The number of imidazole rings is 3. The Kier molecular flexibility index (Phi) is 21.5. The first-order valence-electron chi connectivity index (χ1n) is 51.0. The molecule has 0 aliphatic rings. The Bertz CT molecular complexity index is 10400. The molecule has 0 atom stereocenters. The minimum Gasteiger partial charge on any atom is -0.306 e. The monoisotopic (exact) mass is 1890 g/mol. The number of aromatic nitrogens is 6. The van der Waals surface area contributed by atoms with E-state index in [1.54, 1.807) is 0 Å². The van der Waals surface area contributed by atoms with Crippen LogP contribution in [0, 0.1) is 0 Å². The third kappa shape index (κ3) is 15.8. The average molecular weight is 1890 g/mol. The van der Waals surface area contributed by atoms with Gasteiger partial charge in [0.05, 0.1) is 17.1 Å². The van der Waals surface area contributed by atoms with Crippen molar-refractivity contribution in [2.24, 2.45) is 0 Å². The Morgan fingerprint density at radius 1 is 0.121 bits per heavy atom. The van der Waals surface area contributed by atoms with Crippen molar-refractivity contribution in [3.8, 4) is 145 Å². The predicted molar refractivity (Wildman–Crippen MR) is 629 cm³/mol. The van der Waals surface area contributed by atoms with Crippen LogP contribution in [-0.2, 0) is 0 Å². The number of fused-ring (bicyclic) bond motifs is 14. The maximum Gasteiger partial charge on any atom is 0.145 e. The molecule has 30 rings (SSSR count). The van der Waals surface area contributed by atoms with Crippen molar-refractivity contribution in [3.05, 3.63) is 559 Å². The molecular weight excluding hydrogens is 1800 g/mol. The normalized spacial score (nSPS) is 11.6. The van der Waals surface area contributed by atoms with Gasteiger partial charge in [0, 0.05) is 59.4 Å². The maximum absolute atomic E-state index is 5.23. The van der Waals surface area contributed by atoms with Crippen LogP contribution < -0.4 is 0 Å². The fourth-order valence-corrected chi connectivity index (χ4v) is 23.0. The molecular formula is C143H92N6. The van der Waals surface area contributed by atoms with E-state index in [0.29, 0.717) is 0 Å². The van der Waals surface area contributed by atoms with Gasteiger partial charge >= 0.3 is 0 Å². The lowest BCUT2D eigenvalue weighted by molar-refractivity contribution is 1.19. The zero-order valence-corrected chi connectivity index (χ0v) is 81.3. The SMILES string of the molecule is c1ccc(-c2cc(-c3ccccc3)c3nc(-c4ccc(-c5c6ccccc6c(-c6ccc7ccccc7c6)c6ccccc56)cc4)cn3c2)cc1.c1ccc2cc(-c3c4ccccc4c(-c4ccc(-c5cn6cc(-c7cccc8ccccc78)ccc6n5)cc4)c4ccccc34)ccc2c1.c1ccc2cc(-c3ccc4nc(-c5ccc(-c6c7ccccc7c(-c7ccc8ccccc8c7)c7ccccc67)cc5)cn4c3)ccc2c1. The van der Waals surface area contributed by atoms with Gasteiger partial charge < -0.3 is 13.2 Å². The van der Waals surface area contributed by atoms with E-state index in [4.69, 9.17) is 15.0 Å². The lowest BCUT2D eigenvalue weighted by Gasteiger charge is -2.18. The van der Waals surface area contributed by atoms with Crippen LogP contribution in [0.25, 0.3) is 280 Å². The molecule has 0 unspecified atom stereocenters. The molecule has 0 fully saturated rings. The van der Waals surface area contributed by atoms with Crippen molar-refractivity contribution in [1.82, 2.24) is 28.2 Å². The second-order valence-corrected chi connectivity index (χ2v) is 38.9. The average Bonchev–Trinajstić information content (AvgIpc) is 1.38. The van der Waals surface area contributed by atoms with Gasteiger partial charge in [-0.25, -0.2) is 15.0 Å². The van der Waals surface area contributed by atoms with Gasteiger partial charge in [0.15, 0.2) is 0 Å². The molecule has 694 valence electrons. The topological polar surface area (TPSA) is 51.9 Å². The molecule has 149 heavy (non-hydrogen) atoms. The quantitative estimate of drug-likeness (QED) is 0.108. The van der Waals surface area contributed by atoms with Crippen molar-refractivity contribution in [3.63, 3.8) is 0 Å². The second-order valence-electron chi connectivity index (χ2n) is 38.9. The van der Waals surface area contributed by atoms with E-state index in [1.165, 1.54) is 213 Å². The molecule has 0 aliphatic heterocycles. The highest BCUT2D eigenvalue weighted by Gasteiger charge is 2.25. The largest absolute Gasteiger partial charge is 0.306 e. The second kappa shape index (κ2) is 36.9. The summed E-state index contributed by atoms with van der Waals surface area (Å²) in [5.41, 5.74) is 33.3. The summed E-state index contributed by atoms with van der Waals surface area (Å²) in [5, 5.41) is 27.6. The highest BCUT2D eigenvalue weighted by molar-refractivity contribution is 6.25. The van der Waals surface area contributed by atoms with Crippen molar-refractivity contribution in [2.45, 2.75) is 0 Å². The molecule has 0 amide bonds. The summed E-state index contributed by atoms with van der Waals surface area (Å²) in [4.78, 5) is 15.2. The molecule has 0 N–H and O–H groups in total. The van der Waals surface area contributed by atoms with Crippen molar-refractivity contribution >= 4 is 135 Å². The van der Waals surface area contributed by atoms with Gasteiger partial charge in [-0.2, -0.15) is 0 Å². The molecule has 0 bridgehead atoms. The van der Waals surface area contributed by atoms with Crippen LogP contribution in [0.5, 0.6) is 0 Å². The first-order chi connectivity index (χ1) is 73.8. The summed E-state index contributed by atoms with van der Waals surface area (Å²) in [6.45, 7) is 0. The Balaban J connectivity index is 0.000000108. The molecule has 24 aromatic carbocycles. The molecule has 6 heteroatoms. The summed E-state index contributed by atoms with van der Waals surface area (Å²) in [6.07, 6.45) is 13.0. The van der Waals surface area contributed by atoms with Crippen LogP contribution in [0.2, 0.25) is 0 Å². The number of nitrogens with zero attached hydrogens (tertiary/aromatic N) is 6.